The number of hydrogen-bond acceptors (Lipinski definition) is 4. The average Bonchev–Trinajstić information content (AvgIpc) is 2.37. The second kappa shape index (κ2) is 6.58. The molecule has 1 fully saturated rings. The Balaban J connectivity index is 1.91. The van der Waals surface area contributed by atoms with Crippen LogP contribution in [0.4, 0.5) is 0 Å². The van der Waals surface area contributed by atoms with Gasteiger partial charge in [-0.15, -0.1) is 0 Å². The van der Waals surface area contributed by atoms with Crippen LogP contribution in [0.1, 0.15) is 30.5 Å². The van der Waals surface area contributed by atoms with Crippen molar-refractivity contribution in [3.05, 3.63) is 35.4 Å². The Bertz CT molecular complexity index is 613. The second-order valence-electron chi connectivity index (χ2n) is 5.62. The van der Waals surface area contributed by atoms with Crippen LogP contribution in [0.25, 0.3) is 0 Å². The number of hydrogen-bond donors (Lipinski definition) is 2. The average molecular weight is 310 g/mol. The van der Waals surface area contributed by atoms with Crippen LogP contribution in [0.2, 0.25) is 0 Å². The highest BCUT2D eigenvalue weighted by atomic mass is 32.2. The van der Waals surface area contributed by atoms with Gasteiger partial charge in [-0.2, -0.15) is 0 Å². The van der Waals surface area contributed by atoms with Crippen molar-refractivity contribution in [3.8, 4) is 0 Å². The Hall–Kier alpha value is -1.40. The second-order valence-corrected chi connectivity index (χ2v) is 7.84. The topological polar surface area (TPSA) is 75.3 Å². The monoisotopic (exact) mass is 310 g/mol. The minimum Gasteiger partial charge on any atom is -0.350 e. The minimum absolute atomic E-state index is 0.0408. The van der Waals surface area contributed by atoms with Crippen LogP contribution in [-0.4, -0.2) is 38.4 Å². The van der Waals surface area contributed by atoms with Crippen LogP contribution >= 0.6 is 0 Å². The molecule has 1 heterocycles. The molecule has 0 bridgehead atoms. The van der Waals surface area contributed by atoms with Gasteiger partial charge in [0, 0.05) is 19.0 Å². The van der Waals surface area contributed by atoms with E-state index < -0.39 is 9.84 Å². The standard InChI is InChI=1S/C15H22N2O3S/c1-11-5-3-4-6-14(11)12(2)17-15(18)9-13-10-21(19,20)8-7-16-13/h3-6,12-13,16H,7-10H2,1-2H3,(H,17,18). The van der Waals surface area contributed by atoms with E-state index in [1.807, 2.05) is 38.1 Å². The molecule has 0 saturated carbocycles. The van der Waals surface area contributed by atoms with Crippen molar-refractivity contribution < 1.29 is 13.2 Å². The predicted molar refractivity (Wildman–Crippen MR) is 82.8 cm³/mol. The third-order valence-corrected chi connectivity index (χ3v) is 5.50. The van der Waals surface area contributed by atoms with Gasteiger partial charge in [0.2, 0.25) is 5.91 Å². The molecule has 21 heavy (non-hydrogen) atoms. The van der Waals surface area contributed by atoms with Crippen molar-refractivity contribution in [1.29, 1.82) is 0 Å². The number of nitrogens with one attached hydrogen (secondary N) is 2. The highest BCUT2D eigenvalue weighted by molar-refractivity contribution is 7.91. The molecule has 1 aliphatic rings. The summed E-state index contributed by atoms with van der Waals surface area (Å²) in [6.07, 6.45) is 0.190. The summed E-state index contributed by atoms with van der Waals surface area (Å²) in [7, 11) is -3.01. The first-order valence-corrected chi connectivity index (χ1v) is 8.98. The zero-order valence-electron chi connectivity index (χ0n) is 12.4. The summed E-state index contributed by atoms with van der Waals surface area (Å²) < 4.78 is 23.1. The molecule has 1 saturated heterocycles. The largest absolute Gasteiger partial charge is 0.350 e. The summed E-state index contributed by atoms with van der Waals surface area (Å²) in [5.41, 5.74) is 2.21. The molecule has 1 amide bonds. The quantitative estimate of drug-likeness (QED) is 0.868. The van der Waals surface area contributed by atoms with Gasteiger partial charge in [-0.05, 0) is 25.0 Å². The fraction of sp³-hybridized carbons (Fsp3) is 0.533. The van der Waals surface area contributed by atoms with Crippen LogP contribution in [0.5, 0.6) is 0 Å². The van der Waals surface area contributed by atoms with Crippen molar-refractivity contribution in [1.82, 2.24) is 10.6 Å². The fourth-order valence-corrected chi connectivity index (χ4v) is 4.12. The van der Waals surface area contributed by atoms with Gasteiger partial charge in [-0.3, -0.25) is 4.79 Å². The van der Waals surface area contributed by atoms with Crippen molar-refractivity contribution >= 4 is 15.7 Å². The lowest BCUT2D eigenvalue weighted by Crippen LogP contribution is -2.47. The molecular formula is C15H22N2O3S. The Labute approximate surface area is 126 Å². The summed E-state index contributed by atoms with van der Waals surface area (Å²) in [5.74, 6) is 0.0736. The summed E-state index contributed by atoms with van der Waals surface area (Å²) in [6, 6.07) is 7.54. The minimum atomic E-state index is -3.01. The fourth-order valence-electron chi connectivity index (χ4n) is 2.67. The van der Waals surface area contributed by atoms with Gasteiger partial charge in [0.1, 0.15) is 0 Å². The molecule has 2 N–H and O–H groups in total. The number of aryl methyl sites for hydroxylation is 1. The summed E-state index contributed by atoms with van der Waals surface area (Å²) >= 11 is 0. The van der Waals surface area contributed by atoms with Crippen molar-refractivity contribution in [2.45, 2.75) is 32.4 Å². The number of carbonyl (C=O) groups excluding carboxylic acids is 1. The van der Waals surface area contributed by atoms with Crippen molar-refractivity contribution in [2.24, 2.45) is 0 Å². The van der Waals surface area contributed by atoms with Gasteiger partial charge in [-0.1, -0.05) is 24.3 Å². The lowest BCUT2D eigenvalue weighted by molar-refractivity contribution is -0.122. The Morgan fingerprint density at radius 1 is 1.43 bits per heavy atom. The van der Waals surface area contributed by atoms with Crippen LogP contribution in [0.15, 0.2) is 24.3 Å². The van der Waals surface area contributed by atoms with Crippen LogP contribution in [0.3, 0.4) is 0 Å². The first kappa shape index (κ1) is 16.0. The van der Waals surface area contributed by atoms with Gasteiger partial charge >= 0.3 is 0 Å². The van der Waals surface area contributed by atoms with Crippen molar-refractivity contribution in [3.63, 3.8) is 0 Å². The van der Waals surface area contributed by atoms with E-state index in [1.165, 1.54) is 0 Å². The maximum Gasteiger partial charge on any atom is 0.222 e. The van der Waals surface area contributed by atoms with E-state index in [4.69, 9.17) is 0 Å². The maximum atomic E-state index is 12.1. The number of carbonyl (C=O) groups is 1. The lowest BCUT2D eigenvalue weighted by atomic mass is 10.0. The molecule has 1 aliphatic heterocycles. The van der Waals surface area contributed by atoms with Gasteiger partial charge in [-0.25, -0.2) is 8.42 Å². The lowest BCUT2D eigenvalue weighted by Gasteiger charge is -2.24. The number of benzene rings is 1. The molecule has 1 aromatic carbocycles. The molecule has 0 aromatic heterocycles. The normalized spacial score (nSPS) is 22.5. The first-order chi connectivity index (χ1) is 9.87. The third-order valence-electron chi connectivity index (χ3n) is 3.77. The summed E-state index contributed by atoms with van der Waals surface area (Å²) in [6.45, 7) is 4.37. The van der Waals surface area contributed by atoms with E-state index in [-0.39, 0.29) is 35.9 Å². The molecule has 0 radical (unpaired) electrons. The van der Waals surface area contributed by atoms with Crippen LogP contribution in [-0.2, 0) is 14.6 Å². The van der Waals surface area contributed by atoms with E-state index in [1.54, 1.807) is 0 Å². The zero-order chi connectivity index (χ0) is 15.5. The van der Waals surface area contributed by atoms with E-state index in [0.717, 1.165) is 11.1 Å². The van der Waals surface area contributed by atoms with Gasteiger partial charge in [0.15, 0.2) is 9.84 Å². The first-order valence-electron chi connectivity index (χ1n) is 7.16. The van der Waals surface area contributed by atoms with Crippen LogP contribution < -0.4 is 10.6 Å². The molecule has 0 spiro atoms. The van der Waals surface area contributed by atoms with E-state index in [2.05, 4.69) is 10.6 Å². The van der Waals surface area contributed by atoms with Crippen molar-refractivity contribution in [2.75, 3.05) is 18.1 Å². The van der Waals surface area contributed by atoms with Gasteiger partial charge < -0.3 is 10.6 Å². The van der Waals surface area contributed by atoms with E-state index >= 15 is 0 Å². The van der Waals surface area contributed by atoms with E-state index in [0.29, 0.717) is 6.54 Å². The molecule has 5 nitrogen and oxygen atoms in total. The number of sulfone groups is 1. The Morgan fingerprint density at radius 3 is 2.81 bits per heavy atom. The molecular weight excluding hydrogens is 288 g/mol. The molecule has 6 heteroatoms. The highest BCUT2D eigenvalue weighted by Crippen LogP contribution is 2.17. The molecule has 1 aromatic rings. The van der Waals surface area contributed by atoms with Gasteiger partial charge in [0.25, 0.3) is 0 Å². The number of rotatable bonds is 4. The molecule has 2 atom stereocenters. The Morgan fingerprint density at radius 2 is 2.14 bits per heavy atom. The number of amides is 1. The smallest absolute Gasteiger partial charge is 0.222 e. The predicted octanol–water partition coefficient (Wildman–Crippen LogP) is 0.949. The molecule has 2 rings (SSSR count). The van der Waals surface area contributed by atoms with E-state index in [9.17, 15) is 13.2 Å². The zero-order valence-corrected chi connectivity index (χ0v) is 13.2. The Kier molecular flexibility index (Phi) is 5.00. The summed E-state index contributed by atoms with van der Waals surface area (Å²) in [4.78, 5) is 12.1. The highest BCUT2D eigenvalue weighted by Gasteiger charge is 2.26. The summed E-state index contributed by atoms with van der Waals surface area (Å²) in [5, 5.41) is 6.03. The van der Waals surface area contributed by atoms with Gasteiger partial charge in [0.05, 0.1) is 17.5 Å². The molecule has 2 unspecified atom stereocenters. The molecule has 116 valence electrons. The maximum absolute atomic E-state index is 12.1. The third kappa shape index (κ3) is 4.54. The van der Waals surface area contributed by atoms with Crippen LogP contribution in [0, 0.1) is 6.92 Å². The molecule has 0 aliphatic carbocycles. The SMILES string of the molecule is Cc1ccccc1C(C)NC(=O)CC1CS(=O)(=O)CCN1.